The number of nitrogens with zero attached hydrogens (tertiary/aromatic N) is 1. The summed E-state index contributed by atoms with van der Waals surface area (Å²) in [6.07, 6.45) is 6.28. The summed E-state index contributed by atoms with van der Waals surface area (Å²) < 4.78 is 5.53. The van der Waals surface area contributed by atoms with Crippen LogP contribution in [0.15, 0.2) is 59.5 Å². The molecule has 2 aromatic carbocycles. The van der Waals surface area contributed by atoms with Gasteiger partial charge in [-0.25, -0.2) is 0 Å². The van der Waals surface area contributed by atoms with Gasteiger partial charge in [0.05, 0.1) is 17.6 Å². The number of hydrogen-bond donors (Lipinski definition) is 0. The van der Waals surface area contributed by atoms with Gasteiger partial charge < -0.3 is 4.74 Å². The minimum Gasteiger partial charge on any atom is -0.496 e. The van der Waals surface area contributed by atoms with Gasteiger partial charge in [0.15, 0.2) is 0 Å². The fraction of sp³-hybridized carbons (Fsp3) is 0.360. The molecule has 2 amide bonds. The van der Waals surface area contributed by atoms with Gasteiger partial charge >= 0.3 is 0 Å². The summed E-state index contributed by atoms with van der Waals surface area (Å²) in [5, 5.41) is 0. The average Bonchev–Trinajstić information content (AvgIpc) is 2.95. The largest absolute Gasteiger partial charge is 0.496 e. The first-order valence-corrected chi connectivity index (χ1v) is 11.6. The van der Waals surface area contributed by atoms with Crippen LogP contribution < -0.4 is 4.74 Å². The highest BCUT2D eigenvalue weighted by Crippen LogP contribution is 2.42. The molecule has 1 fully saturated rings. The number of benzene rings is 2. The van der Waals surface area contributed by atoms with Gasteiger partial charge in [-0.3, -0.25) is 14.5 Å². The monoisotopic (exact) mass is 421 g/mol. The van der Waals surface area contributed by atoms with Gasteiger partial charge in [-0.1, -0.05) is 74.2 Å². The smallest absolute Gasteiger partial charge is 0.268 e. The Hall–Kier alpha value is -2.53. The molecule has 1 heterocycles. The van der Waals surface area contributed by atoms with Crippen LogP contribution in [0.4, 0.5) is 0 Å². The van der Waals surface area contributed by atoms with E-state index in [1.165, 1.54) is 24.6 Å². The van der Waals surface area contributed by atoms with Gasteiger partial charge in [-0.15, -0.1) is 11.8 Å². The first kappa shape index (κ1) is 20.7. The van der Waals surface area contributed by atoms with E-state index in [0.717, 1.165) is 31.2 Å². The number of rotatable bonds is 6. The highest BCUT2D eigenvalue weighted by molar-refractivity contribution is 8.03. The van der Waals surface area contributed by atoms with Crippen molar-refractivity contribution >= 4 is 29.1 Å². The zero-order valence-electron chi connectivity index (χ0n) is 17.3. The highest BCUT2D eigenvalue weighted by atomic mass is 32.2. The van der Waals surface area contributed by atoms with E-state index in [0.29, 0.717) is 27.5 Å². The third-order valence-electron chi connectivity index (χ3n) is 5.86. The van der Waals surface area contributed by atoms with E-state index in [-0.39, 0.29) is 17.9 Å². The maximum absolute atomic E-state index is 13.6. The summed E-state index contributed by atoms with van der Waals surface area (Å²) in [5.74, 6) is 0.946. The standard InChI is InChI=1S/C25H27NO3S/c1-29-21-16-10-9-15-20(21)22-23(30-17-18-11-5-4-6-12-18)25(28)26(24(22)27)19-13-7-2-3-8-14-19/h4-6,9-12,15-16,19H,2-3,7-8,13-14,17H2,1H3. The molecule has 156 valence electrons. The molecule has 0 bridgehead atoms. The quantitative estimate of drug-likeness (QED) is 0.461. The molecule has 1 aliphatic carbocycles. The van der Waals surface area contributed by atoms with E-state index in [2.05, 4.69) is 0 Å². The van der Waals surface area contributed by atoms with Crippen molar-refractivity contribution in [3.8, 4) is 5.75 Å². The molecule has 1 aliphatic heterocycles. The molecule has 2 aromatic rings. The fourth-order valence-electron chi connectivity index (χ4n) is 4.33. The van der Waals surface area contributed by atoms with E-state index in [1.54, 1.807) is 12.0 Å². The van der Waals surface area contributed by atoms with Crippen LogP contribution in [0.3, 0.4) is 0 Å². The lowest BCUT2D eigenvalue weighted by molar-refractivity contribution is -0.139. The zero-order chi connectivity index (χ0) is 20.9. The summed E-state index contributed by atoms with van der Waals surface area (Å²) in [5.41, 5.74) is 2.32. The van der Waals surface area contributed by atoms with Crippen LogP contribution in [0.2, 0.25) is 0 Å². The first-order valence-electron chi connectivity index (χ1n) is 10.6. The van der Waals surface area contributed by atoms with Crippen molar-refractivity contribution in [2.75, 3.05) is 7.11 Å². The summed E-state index contributed by atoms with van der Waals surface area (Å²) in [7, 11) is 1.60. The Balaban J connectivity index is 1.71. The van der Waals surface area contributed by atoms with Crippen molar-refractivity contribution in [3.05, 3.63) is 70.6 Å². The van der Waals surface area contributed by atoms with E-state index in [9.17, 15) is 9.59 Å². The van der Waals surface area contributed by atoms with Gasteiger partial charge in [0.25, 0.3) is 11.8 Å². The molecule has 0 atom stereocenters. The maximum atomic E-state index is 13.6. The van der Waals surface area contributed by atoms with Crippen molar-refractivity contribution in [1.29, 1.82) is 0 Å². The second-order valence-corrected chi connectivity index (χ2v) is 8.79. The van der Waals surface area contributed by atoms with Gasteiger partial charge in [0.1, 0.15) is 5.75 Å². The Kier molecular flexibility index (Phi) is 6.58. The van der Waals surface area contributed by atoms with Crippen LogP contribution in [0.5, 0.6) is 5.75 Å². The number of ether oxygens (including phenoxy) is 1. The van der Waals surface area contributed by atoms with Gasteiger partial charge in [0.2, 0.25) is 0 Å². The lowest BCUT2D eigenvalue weighted by Gasteiger charge is -2.25. The SMILES string of the molecule is COc1ccccc1C1=C(SCc2ccccc2)C(=O)N(C2CCCCCC2)C1=O. The van der Waals surface area contributed by atoms with Crippen molar-refractivity contribution in [2.24, 2.45) is 0 Å². The second kappa shape index (κ2) is 9.52. The summed E-state index contributed by atoms with van der Waals surface area (Å²) in [4.78, 5) is 29.2. The molecular formula is C25H27NO3S. The number of hydrogen-bond acceptors (Lipinski definition) is 4. The first-order chi connectivity index (χ1) is 14.7. The average molecular weight is 422 g/mol. The van der Waals surface area contributed by atoms with Crippen molar-refractivity contribution in [3.63, 3.8) is 0 Å². The van der Waals surface area contributed by atoms with Gasteiger partial charge in [-0.2, -0.15) is 0 Å². The fourth-order valence-corrected chi connectivity index (χ4v) is 5.39. The molecule has 0 saturated heterocycles. The number of imide groups is 1. The Morgan fingerprint density at radius 3 is 2.27 bits per heavy atom. The summed E-state index contributed by atoms with van der Waals surface area (Å²) in [6.45, 7) is 0. The lowest BCUT2D eigenvalue weighted by atomic mass is 10.0. The molecule has 0 spiro atoms. The predicted molar refractivity (Wildman–Crippen MR) is 121 cm³/mol. The molecular weight excluding hydrogens is 394 g/mol. The predicted octanol–water partition coefficient (Wildman–Crippen LogP) is 5.43. The number of methoxy groups -OCH3 is 1. The van der Waals surface area contributed by atoms with Crippen LogP contribution in [0.1, 0.15) is 49.7 Å². The molecule has 5 heteroatoms. The normalized spacial score (nSPS) is 18.1. The highest BCUT2D eigenvalue weighted by Gasteiger charge is 2.43. The van der Waals surface area contributed by atoms with Crippen molar-refractivity contribution in [2.45, 2.75) is 50.3 Å². The number of carbonyl (C=O) groups excluding carboxylic acids is 2. The van der Waals surface area contributed by atoms with Crippen molar-refractivity contribution in [1.82, 2.24) is 4.90 Å². The minimum absolute atomic E-state index is 0.00738. The molecule has 0 radical (unpaired) electrons. The maximum Gasteiger partial charge on any atom is 0.268 e. The van der Waals surface area contributed by atoms with Gasteiger partial charge in [0, 0.05) is 17.4 Å². The molecule has 4 nitrogen and oxygen atoms in total. The molecule has 4 rings (SSSR count). The number of amides is 2. The minimum atomic E-state index is -0.174. The topological polar surface area (TPSA) is 46.6 Å². The molecule has 0 unspecified atom stereocenters. The number of para-hydroxylation sites is 1. The Morgan fingerprint density at radius 2 is 1.57 bits per heavy atom. The lowest BCUT2D eigenvalue weighted by Crippen LogP contribution is -2.40. The molecule has 0 N–H and O–H groups in total. The molecule has 2 aliphatic rings. The van der Waals surface area contributed by atoms with Crippen LogP contribution in [-0.4, -0.2) is 29.9 Å². The van der Waals surface area contributed by atoms with E-state index in [1.807, 2.05) is 54.6 Å². The third kappa shape index (κ3) is 4.17. The summed E-state index contributed by atoms with van der Waals surface area (Å²) >= 11 is 1.46. The van der Waals surface area contributed by atoms with E-state index >= 15 is 0 Å². The van der Waals surface area contributed by atoms with Crippen LogP contribution in [-0.2, 0) is 15.3 Å². The zero-order valence-corrected chi connectivity index (χ0v) is 18.1. The number of carbonyl (C=O) groups is 2. The Bertz CT molecular complexity index is 946. The molecule has 30 heavy (non-hydrogen) atoms. The van der Waals surface area contributed by atoms with Crippen molar-refractivity contribution < 1.29 is 14.3 Å². The van der Waals surface area contributed by atoms with Crippen LogP contribution in [0, 0.1) is 0 Å². The third-order valence-corrected chi connectivity index (χ3v) is 7.01. The van der Waals surface area contributed by atoms with E-state index in [4.69, 9.17) is 4.74 Å². The number of thioether (sulfide) groups is 1. The second-order valence-electron chi connectivity index (χ2n) is 7.80. The van der Waals surface area contributed by atoms with Crippen LogP contribution >= 0.6 is 11.8 Å². The Labute approximate surface area is 182 Å². The Morgan fingerprint density at radius 1 is 0.900 bits per heavy atom. The summed E-state index contributed by atoms with van der Waals surface area (Å²) in [6, 6.07) is 17.5. The van der Waals surface area contributed by atoms with E-state index < -0.39 is 0 Å². The molecule has 0 aromatic heterocycles. The van der Waals surface area contributed by atoms with Gasteiger partial charge in [-0.05, 0) is 24.5 Å². The molecule has 1 saturated carbocycles. The van der Waals surface area contributed by atoms with Crippen LogP contribution in [0.25, 0.3) is 5.57 Å².